The molecule has 0 aliphatic rings. The van der Waals surface area contributed by atoms with Gasteiger partial charge in [-0.1, -0.05) is 29.3 Å². The highest BCUT2D eigenvalue weighted by Crippen LogP contribution is 2.26. The number of benzene rings is 2. The number of aryl methyl sites for hydroxylation is 1. The summed E-state index contributed by atoms with van der Waals surface area (Å²) in [7, 11) is -3.91. The number of nitro benzene ring substituents is 1. The van der Waals surface area contributed by atoms with Crippen LogP contribution in [0.5, 0.6) is 0 Å². The molecule has 0 bridgehead atoms. The molecule has 0 spiro atoms. The monoisotopic (exact) mass is 441 g/mol. The molecule has 154 valence electrons. The van der Waals surface area contributed by atoms with Gasteiger partial charge in [0.05, 0.1) is 20.5 Å². The third-order valence-corrected chi connectivity index (χ3v) is 5.28. The van der Waals surface area contributed by atoms with Crippen LogP contribution >= 0.6 is 11.6 Å². The number of nitrogens with one attached hydrogen (secondary N) is 2. The zero-order chi connectivity index (χ0) is 21.6. The third kappa shape index (κ3) is 6.52. The molecule has 2 aromatic carbocycles. The highest BCUT2D eigenvalue weighted by atomic mass is 35.5. The summed E-state index contributed by atoms with van der Waals surface area (Å²) in [5, 5.41) is 13.1. The number of amides is 1. The van der Waals surface area contributed by atoms with Gasteiger partial charge in [-0.25, -0.2) is 8.42 Å². The molecule has 10 nitrogen and oxygen atoms in total. The van der Waals surface area contributed by atoms with Gasteiger partial charge in [0.1, 0.15) is 6.54 Å². The molecule has 0 heterocycles. The van der Waals surface area contributed by atoms with Gasteiger partial charge in [-0.2, -0.15) is 4.72 Å². The van der Waals surface area contributed by atoms with Crippen molar-refractivity contribution in [2.45, 2.75) is 11.8 Å². The molecule has 0 radical (unpaired) electrons. The Morgan fingerprint density at radius 3 is 2.45 bits per heavy atom. The fraction of sp³-hybridized carbons (Fsp3) is 0.176. The lowest BCUT2D eigenvalue weighted by Gasteiger charge is -2.09. The van der Waals surface area contributed by atoms with Gasteiger partial charge in [0.25, 0.3) is 11.6 Å². The van der Waals surface area contributed by atoms with Crippen LogP contribution < -0.4 is 10.0 Å². The molecule has 2 rings (SSSR count). The van der Waals surface area contributed by atoms with Crippen molar-refractivity contribution in [3.8, 4) is 0 Å². The molecular formula is C17H16ClN3O7S. The molecule has 1 amide bonds. The van der Waals surface area contributed by atoms with Gasteiger partial charge in [-0.3, -0.25) is 19.7 Å². The number of rotatable bonds is 8. The van der Waals surface area contributed by atoms with Crippen LogP contribution in [0.1, 0.15) is 5.56 Å². The van der Waals surface area contributed by atoms with E-state index in [1.807, 2.05) is 0 Å². The van der Waals surface area contributed by atoms with E-state index in [-0.39, 0.29) is 21.3 Å². The molecule has 0 aromatic heterocycles. The Morgan fingerprint density at radius 2 is 1.83 bits per heavy atom. The lowest BCUT2D eigenvalue weighted by atomic mass is 10.2. The quantitative estimate of drug-likeness (QED) is 0.362. The minimum Gasteiger partial charge on any atom is -0.455 e. The number of hydrogen-bond donors (Lipinski definition) is 2. The molecule has 2 aromatic rings. The first-order chi connectivity index (χ1) is 13.6. The van der Waals surface area contributed by atoms with E-state index >= 15 is 0 Å². The van der Waals surface area contributed by atoms with Gasteiger partial charge in [0.2, 0.25) is 10.0 Å². The minimum absolute atomic E-state index is 0.0195. The zero-order valence-electron chi connectivity index (χ0n) is 15.0. The summed E-state index contributed by atoms with van der Waals surface area (Å²) in [5.41, 5.74) is 0.562. The second-order valence-corrected chi connectivity index (χ2v) is 7.94. The molecule has 29 heavy (non-hydrogen) atoms. The molecule has 0 saturated carbocycles. The summed E-state index contributed by atoms with van der Waals surface area (Å²) < 4.78 is 30.9. The number of ether oxygens (including phenoxy) is 1. The summed E-state index contributed by atoms with van der Waals surface area (Å²) >= 11 is 5.85. The predicted molar refractivity (Wildman–Crippen MR) is 104 cm³/mol. The number of esters is 1. The average Bonchev–Trinajstić information content (AvgIpc) is 2.66. The molecular weight excluding hydrogens is 426 g/mol. The number of halogens is 1. The Kier molecular flexibility index (Phi) is 7.26. The Labute approximate surface area is 171 Å². The lowest BCUT2D eigenvalue weighted by Crippen LogP contribution is -2.32. The summed E-state index contributed by atoms with van der Waals surface area (Å²) in [6.07, 6.45) is 0. The van der Waals surface area contributed by atoms with Crippen molar-refractivity contribution in [2.75, 3.05) is 18.5 Å². The largest absolute Gasteiger partial charge is 0.455 e. The smallest absolute Gasteiger partial charge is 0.321 e. The van der Waals surface area contributed by atoms with E-state index in [0.29, 0.717) is 0 Å². The number of non-ortho nitro benzene ring substituents is 1. The van der Waals surface area contributed by atoms with Crippen LogP contribution in [0.4, 0.5) is 11.4 Å². The number of sulfonamides is 1. The van der Waals surface area contributed by atoms with E-state index in [2.05, 4.69) is 14.8 Å². The first-order valence-corrected chi connectivity index (χ1v) is 9.90. The normalized spacial score (nSPS) is 11.0. The molecule has 0 aliphatic heterocycles. The van der Waals surface area contributed by atoms with E-state index < -0.39 is 40.0 Å². The van der Waals surface area contributed by atoms with Crippen LogP contribution in [0.2, 0.25) is 5.02 Å². The summed E-state index contributed by atoms with van der Waals surface area (Å²) in [4.78, 5) is 33.6. The standard InChI is InChI=1S/C17H16ClN3O7S/c1-11-2-5-13(6-3-11)29(26,27)19-9-17(23)28-10-16(22)20-15-8-12(21(24)25)4-7-14(15)18/h2-8,19H,9-10H2,1H3,(H,20,22). The SMILES string of the molecule is Cc1ccc(S(=O)(=O)NCC(=O)OCC(=O)Nc2cc([N+](=O)[O-])ccc2Cl)cc1. The van der Waals surface area contributed by atoms with E-state index in [1.165, 1.54) is 18.2 Å². The van der Waals surface area contributed by atoms with Crippen molar-refractivity contribution < 1.29 is 27.7 Å². The van der Waals surface area contributed by atoms with Crippen molar-refractivity contribution in [2.24, 2.45) is 0 Å². The van der Waals surface area contributed by atoms with Crippen LogP contribution in [0.25, 0.3) is 0 Å². The molecule has 2 N–H and O–H groups in total. The van der Waals surface area contributed by atoms with E-state index in [9.17, 15) is 28.1 Å². The van der Waals surface area contributed by atoms with Gasteiger partial charge in [0.15, 0.2) is 6.61 Å². The fourth-order valence-corrected chi connectivity index (χ4v) is 3.19. The Bertz CT molecular complexity index is 1040. The fourth-order valence-electron chi connectivity index (χ4n) is 2.06. The first-order valence-electron chi connectivity index (χ1n) is 8.04. The van der Waals surface area contributed by atoms with Crippen LogP contribution in [0.15, 0.2) is 47.4 Å². The van der Waals surface area contributed by atoms with Gasteiger partial charge in [-0.15, -0.1) is 0 Å². The van der Waals surface area contributed by atoms with Gasteiger partial charge >= 0.3 is 5.97 Å². The van der Waals surface area contributed by atoms with Gasteiger partial charge in [0, 0.05) is 12.1 Å². The Balaban J connectivity index is 1.86. The van der Waals surface area contributed by atoms with Crippen LogP contribution in [0, 0.1) is 17.0 Å². The van der Waals surface area contributed by atoms with Crippen molar-refractivity contribution in [3.05, 3.63) is 63.2 Å². The zero-order valence-corrected chi connectivity index (χ0v) is 16.6. The van der Waals surface area contributed by atoms with E-state index in [1.54, 1.807) is 19.1 Å². The number of hydrogen-bond acceptors (Lipinski definition) is 7. The minimum atomic E-state index is -3.91. The van der Waals surface area contributed by atoms with Gasteiger partial charge in [-0.05, 0) is 25.1 Å². The maximum Gasteiger partial charge on any atom is 0.321 e. The number of carbonyl (C=O) groups is 2. The van der Waals surface area contributed by atoms with Crippen LogP contribution in [0.3, 0.4) is 0 Å². The molecule has 0 unspecified atom stereocenters. The highest BCUT2D eigenvalue weighted by molar-refractivity contribution is 7.89. The molecule has 0 saturated heterocycles. The number of nitrogens with zero attached hydrogens (tertiary/aromatic N) is 1. The summed E-state index contributed by atoms with van der Waals surface area (Å²) in [6.45, 7) is 0.387. The van der Waals surface area contributed by atoms with E-state index in [0.717, 1.165) is 17.7 Å². The Morgan fingerprint density at radius 1 is 1.17 bits per heavy atom. The lowest BCUT2D eigenvalue weighted by molar-refractivity contribution is -0.384. The maximum absolute atomic E-state index is 12.1. The van der Waals surface area contributed by atoms with Crippen molar-refractivity contribution >= 4 is 44.9 Å². The van der Waals surface area contributed by atoms with Crippen molar-refractivity contribution in [1.82, 2.24) is 4.72 Å². The second kappa shape index (κ2) is 9.45. The van der Waals surface area contributed by atoms with Crippen LogP contribution in [-0.2, 0) is 24.3 Å². The average molecular weight is 442 g/mol. The van der Waals surface area contributed by atoms with Crippen molar-refractivity contribution in [1.29, 1.82) is 0 Å². The van der Waals surface area contributed by atoms with Crippen LogP contribution in [-0.4, -0.2) is 38.4 Å². The molecule has 0 fully saturated rings. The molecule has 0 atom stereocenters. The summed E-state index contributed by atoms with van der Waals surface area (Å²) in [6, 6.07) is 9.45. The maximum atomic E-state index is 12.1. The van der Waals surface area contributed by atoms with E-state index in [4.69, 9.17) is 11.6 Å². The van der Waals surface area contributed by atoms with Gasteiger partial charge < -0.3 is 10.1 Å². The predicted octanol–water partition coefficient (Wildman–Crippen LogP) is 2.02. The number of anilines is 1. The number of nitro groups is 1. The topological polar surface area (TPSA) is 145 Å². The van der Waals surface area contributed by atoms with Crippen molar-refractivity contribution in [3.63, 3.8) is 0 Å². The molecule has 12 heteroatoms. The highest BCUT2D eigenvalue weighted by Gasteiger charge is 2.17. The summed E-state index contributed by atoms with van der Waals surface area (Å²) in [5.74, 6) is -1.79. The second-order valence-electron chi connectivity index (χ2n) is 5.77. The first kappa shape index (κ1) is 22.3. The molecule has 0 aliphatic carbocycles. The number of carbonyl (C=O) groups excluding carboxylic acids is 2. The Hall–Kier alpha value is -3.02. The third-order valence-electron chi connectivity index (χ3n) is 3.54.